The van der Waals surface area contributed by atoms with Crippen molar-refractivity contribution in [3.63, 3.8) is 0 Å². The minimum Gasteiger partial charge on any atom is -0.388 e. The van der Waals surface area contributed by atoms with E-state index in [4.69, 9.17) is 28.7 Å². The highest BCUT2D eigenvalue weighted by Gasteiger charge is 2.45. The Bertz CT molecular complexity index is 1360. The number of pyridine rings is 1. The molecule has 4 heterocycles. The number of aromatic nitrogens is 1. The molecule has 16 heteroatoms. The van der Waals surface area contributed by atoms with Crippen LogP contribution in [-0.2, 0) is 22.0 Å². The topological polar surface area (TPSA) is 73.3 Å². The van der Waals surface area contributed by atoms with Crippen molar-refractivity contribution in [3.8, 4) is 0 Å². The molecule has 2 saturated heterocycles. The molecule has 2 fully saturated rings. The van der Waals surface area contributed by atoms with Crippen molar-refractivity contribution in [2.24, 2.45) is 5.16 Å². The third-order valence-electron chi connectivity index (χ3n) is 7.49. The van der Waals surface area contributed by atoms with Crippen LogP contribution in [0.1, 0.15) is 30.4 Å². The molecule has 5 rings (SSSR count). The van der Waals surface area contributed by atoms with E-state index >= 15 is 0 Å². The van der Waals surface area contributed by atoms with Gasteiger partial charge in [0, 0.05) is 70.4 Å². The van der Waals surface area contributed by atoms with E-state index in [1.165, 1.54) is 0 Å². The van der Waals surface area contributed by atoms with Crippen LogP contribution in [0.4, 0.5) is 37.8 Å². The summed E-state index contributed by atoms with van der Waals surface area (Å²) in [6, 6.07) is 4.74. The van der Waals surface area contributed by atoms with Gasteiger partial charge in [-0.15, -0.1) is 0 Å². The number of nitrogens with zero attached hydrogens (tertiary/aromatic N) is 5. The molecule has 1 N–H and O–H groups in total. The van der Waals surface area contributed by atoms with E-state index in [1.54, 1.807) is 28.1 Å². The molecule has 0 saturated carbocycles. The summed E-state index contributed by atoms with van der Waals surface area (Å²) >= 11 is 11.5. The molecule has 3 aliphatic rings. The molecule has 8 nitrogen and oxygen atoms in total. The molecule has 1 amide bonds. The number of anilines is 2. The number of oxime groups is 1. The Hall–Kier alpha value is -3.33. The second-order valence-corrected chi connectivity index (χ2v) is 11.1. The summed E-state index contributed by atoms with van der Waals surface area (Å²) in [5, 5.41) is 7.12. The van der Waals surface area contributed by atoms with Gasteiger partial charge in [0.05, 0.1) is 16.1 Å². The Morgan fingerprint density at radius 3 is 2.14 bits per heavy atom. The monoisotopic (exact) mass is 634 g/mol. The van der Waals surface area contributed by atoms with E-state index in [0.717, 1.165) is 0 Å². The van der Waals surface area contributed by atoms with Gasteiger partial charge in [0.25, 0.3) is 5.91 Å². The molecule has 0 aliphatic carbocycles. The fourth-order valence-corrected chi connectivity index (χ4v) is 5.71. The smallest absolute Gasteiger partial charge is 0.388 e. The number of thiocarbonyl (C=S) groups is 1. The van der Waals surface area contributed by atoms with Gasteiger partial charge in [-0.3, -0.25) is 4.79 Å². The number of benzene rings is 1. The molecular formula is C26H25ClF6N6O2S. The average Bonchev–Trinajstić information content (AvgIpc) is 3.35. The maximum atomic E-state index is 13.2. The third kappa shape index (κ3) is 6.51. The number of piperazine rings is 1. The Kier molecular flexibility index (Phi) is 8.18. The van der Waals surface area contributed by atoms with Gasteiger partial charge in [0.1, 0.15) is 17.1 Å². The number of alkyl halides is 6. The number of piperidine rings is 1. The number of carbonyl (C=O) groups excluding carboxylic acids is 1. The summed E-state index contributed by atoms with van der Waals surface area (Å²) in [7, 11) is 0. The van der Waals surface area contributed by atoms with Crippen molar-refractivity contribution in [2.75, 3.05) is 49.5 Å². The molecule has 2 aromatic rings. The van der Waals surface area contributed by atoms with Gasteiger partial charge < -0.3 is 24.9 Å². The molecule has 226 valence electrons. The predicted molar refractivity (Wildman–Crippen MR) is 147 cm³/mol. The number of carbonyl (C=O) groups is 1. The Morgan fingerprint density at radius 1 is 0.952 bits per heavy atom. The zero-order chi connectivity index (χ0) is 30.3. The highest BCUT2D eigenvalue weighted by atomic mass is 35.5. The van der Waals surface area contributed by atoms with Crippen LogP contribution >= 0.6 is 23.8 Å². The van der Waals surface area contributed by atoms with Crippen LogP contribution in [0.25, 0.3) is 0 Å². The normalized spacial score (nSPS) is 19.0. The summed E-state index contributed by atoms with van der Waals surface area (Å²) in [6.07, 6.45) is -7.19. The van der Waals surface area contributed by atoms with Crippen LogP contribution in [-0.4, -0.2) is 76.4 Å². The van der Waals surface area contributed by atoms with Gasteiger partial charge in [-0.25, -0.2) is 4.98 Å². The number of halogens is 7. The zero-order valence-corrected chi connectivity index (χ0v) is 23.5. The van der Waals surface area contributed by atoms with Gasteiger partial charge in [0.2, 0.25) is 0 Å². The predicted octanol–water partition coefficient (Wildman–Crippen LogP) is 5.43. The SMILES string of the molecule is O=C(C1=NOC2(CCN(C(=S)Nc3cc(C(F)(F)F)cc(C(F)(F)F)c3)CC2)C1)N1CCN(c2ncccc2Cl)CC1. The Morgan fingerprint density at radius 2 is 1.57 bits per heavy atom. The van der Waals surface area contributed by atoms with E-state index in [2.05, 4.69) is 15.5 Å². The van der Waals surface area contributed by atoms with Crippen molar-refractivity contribution in [2.45, 2.75) is 37.2 Å². The zero-order valence-electron chi connectivity index (χ0n) is 21.9. The maximum Gasteiger partial charge on any atom is 0.416 e. The Labute approximate surface area is 247 Å². The van der Waals surface area contributed by atoms with E-state index < -0.39 is 34.8 Å². The summed E-state index contributed by atoms with van der Waals surface area (Å²) in [5.41, 5.74) is -3.72. The molecule has 0 unspecified atom stereocenters. The first-order valence-corrected chi connectivity index (χ1v) is 13.8. The van der Waals surface area contributed by atoms with Crippen LogP contribution < -0.4 is 10.2 Å². The second-order valence-electron chi connectivity index (χ2n) is 10.3. The molecule has 1 aromatic heterocycles. The minimum atomic E-state index is -4.97. The molecule has 42 heavy (non-hydrogen) atoms. The summed E-state index contributed by atoms with van der Waals surface area (Å²) in [6.45, 7) is 2.62. The fraction of sp³-hybridized carbons (Fsp3) is 0.462. The molecule has 1 spiro atoms. The first-order chi connectivity index (χ1) is 19.7. The molecule has 3 aliphatic heterocycles. The number of nitrogens with one attached hydrogen (secondary N) is 1. The average molecular weight is 635 g/mol. The lowest BCUT2D eigenvalue weighted by Crippen LogP contribution is -2.52. The van der Waals surface area contributed by atoms with Gasteiger partial charge in [-0.1, -0.05) is 16.8 Å². The van der Waals surface area contributed by atoms with Crippen LogP contribution in [0.3, 0.4) is 0 Å². The third-order valence-corrected chi connectivity index (χ3v) is 8.15. The summed E-state index contributed by atoms with van der Waals surface area (Å²) < 4.78 is 79.2. The van der Waals surface area contributed by atoms with Crippen LogP contribution in [0.15, 0.2) is 41.7 Å². The highest BCUT2D eigenvalue weighted by Crippen LogP contribution is 2.38. The van der Waals surface area contributed by atoms with Gasteiger partial charge >= 0.3 is 12.4 Å². The second kappa shape index (κ2) is 11.4. The lowest BCUT2D eigenvalue weighted by atomic mass is 9.86. The van der Waals surface area contributed by atoms with E-state index in [0.29, 0.717) is 80.8 Å². The lowest BCUT2D eigenvalue weighted by Gasteiger charge is -2.38. The standard InChI is InChI=1S/C26H25ClF6N6O2S/c27-19-2-1-5-34-21(19)37-8-10-38(11-9-37)22(40)20-15-24(41-36-20)3-6-39(7-4-24)23(42)35-18-13-16(25(28,29)30)12-17(14-18)26(31,32)33/h1-2,5,12-14H,3-4,6-11,15H2,(H,35,42). The number of hydrogen-bond donors (Lipinski definition) is 1. The molecule has 0 radical (unpaired) electrons. The van der Waals surface area contributed by atoms with Gasteiger partial charge in [-0.2, -0.15) is 26.3 Å². The van der Waals surface area contributed by atoms with E-state index in [1.807, 2.05) is 4.90 Å². The minimum absolute atomic E-state index is 0.0154. The Balaban J connectivity index is 1.14. The lowest BCUT2D eigenvalue weighted by molar-refractivity contribution is -0.143. The van der Waals surface area contributed by atoms with Gasteiger partial charge in [-0.05, 0) is 42.5 Å². The van der Waals surface area contributed by atoms with Crippen molar-refractivity contribution in [3.05, 3.63) is 52.7 Å². The fourth-order valence-electron chi connectivity index (χ4n) is 5.17. The van der Waals surface area contributed by atoms with Crippen molar-refractivity contribution >= 4 is 52.1 Å². The summed E-state index contributed by atoms with van der Waals surface area (Å²) in [4.78, 5) is 28.6. The number of hydrogen-bond acceptors (Lipinski definition) is 6. The largest absolute Gasteiger partial charge is 0.416 e. The summed E-state index contributed by atoms with van der Waals surface area (Å²) in [5.74, 6) is 0.447. The highest BCUT2D eigenvalue weighted by molar-refractivity contribution is 7.80. The van der Waals surface area contributed by atoms with Crippen LogP contribution in [0, 0.1) is 0 Å². The van der Waals surface area contributed by atoms with Gasteiger partial charge in [0.15, 0.2) is 5.11 Å². The first kappa shape index (κ1) is 30.1. The van der Waals surface area contributed by atoms with Crippen molar-refractivity contribution in [1.82, 2.24) is 14.8 Å². The number of amides is 1. The molecule has 0 atom stereocenters. The molecule has 1 aromatic carbocycles. The maximum absolute atomic E-state index is 13.2. The first-order valence-electron chi connectivity index (χ1n) is 13.0. The van der Waals surface area contributed by atoms with Crippen molar-refractivity contribution < 1.29 is 36.0 Å². The van der Waals surface area contributed by atoms with E-state index in [9.17, 15) is 31.1 Å². The van der Waals surface area contributed by atoms with E-state index in [-0.39, 0.29) is 23.5 Å². The molecular weight excluding hydrogens is 610 g/mol. The van der Waals surface area contributed by atoms with Crippen LogP contribution in [0.2, 0.25) is 5.02 Å². The molecule has 0 bridgehead atoms. The van der Waals surface area contributed by atoms with Crippen LogP contribution in [0.5, 0.6) is 0 Å². The number of rotatable bonds is 3. The van der Waals surface area contributed by atoms with Crippen molar-refractivity contribution in [1.29, 1.82) is 0 Å². The quantitative estimate of drug-likeness (QED) is 0.357. The number of likely N-dealkylation sites (tertiary alicyclic amines) is 1.